The van der Waals surface area contributed by atoms with Gasteiger partial charge in [0.2, 0.25) is 5.91 Å². The summed E-state index contributed by atoms with van der Waals surface area (Å²) < 4.78 is 5.21. The van der Waals surface area contributed by atoms with Crippen molar-refractivity contribution in [2.45, 2.75) is 64.1 Å². The molecule has 2 aliphatic heterocycles. The Hall–Kier alpha value is -2.18. The SMILES string of the molecule is Cc1cc(CNC(=O)[C@@H]2CCCN(C3CCN(C4Cc5ccccc5C4)CC3)C2)on1. The molecule has 31 heavy (non-hydrogen) atoms. The molecule has 0 unspecified atom stereocenters. The monoisotopic (exact) mass is 422 g/mol. The molecule has 166 valence electrons. The summed E-state index contributed by atoms with van der Waals surface area (Å²) in [5.41, 5.74) is 3.93. The number of benzene rings is 1. The third-order valence-corrected chi connectivity index (χ3v) is 7.50. The lowest BCUT2D eigenvalue weighted by molar-refractivity contribution is -0.127. The second-order valence-electron chi connectivity index (χ2n) is 9.58. The van der Waals surface area contributed by atoms with Crippen molar-refractivity contribution in [3.05, 3.63) is 52.9 Å². The van der Waals surface area contributed by atoms with E-state index in [-0.39, 0.29) is 11.8 Å². The molecule has 1 N–H and O–H groups in total. The first kappa shape index (κ1) is 20.7. The van der Waals surface area contributed by atoms with Crippen LogP contribution in [-0.4, -0.2) is 59.1 Å². The highest BCUT2D eigenvalue weighted by Crippen LogP contribution is 2.29. The van der Waals surface area contributed by atoms with Gasteiger partial charge in [-0.3, -0.25) is 14.6 Å². The van der Waals surface area contributed by atoms with Crippen molar-refractivity contribution < 1.29 is 9.32 Å². The van der Waals surface area contributed by atoms with E-state index in [0.29, 0.717) is 18.6 Å². The number of aryl methyl sites for hydroxylation is 1. The predicted molar refractivity (Wildman–Crippen MR) is 120 cm³/mol. The molecule has 6 nitrogen and oxygen atoms in total. The van der Waals surface area contributed by atoms with Crippen LogP contribution in [0.5, 0.6) is 0 Å². The molecular weight excluding hydrogens is 388 g/mol. The average molecular weight is 423 g/mol. The molecular formula is C25H34N4O2. The summed E-state index contributed by atoms with van der Waals surface area (Å²) in [5, 5.41) is 6.94. The van der Waals surface area contributed by atoms with Gasteiger partial charge in [0.15, 0.2) is 5.76 Å². The minimum Gasteiger partial charge on any atom is -0.359 e. The first-order valence-corrected chi connectivity index (χ1v) is 11.9. The number of carbonyl (C=O) groups is 1. The number of nitrogens with zero attached hydrogens (tertiary/aromatic N) is 3. The van der Waals surface area contributed by atoms with Gasteiger partial charge in [-0.2, -0.15) is 0 Å². The Morgan fingerprint density at radius 2 is 1.81 bits per heavy atom. The third-order valence-electron chi connectivity index (χ3n) is 7.50. The van der Waals surface area contributed by atoms with Gasteiger partial charge in [0, 0.05) is 24.7 Å². The van der Waals surface area contributed by atoms with Crippen molar-refractivity contribution in [2.24, 2.45) is 5.92 Å². The minimum absolute atomic E-state index is 0.0835. The number of carbonyl (C=O) groups excluding carboxylic acids is 1. The number of amides is 1. The number of piperidine rings is 2. The maximum Gasteiger partial charge on any atom is 0.224 e. The second kappa shape index (κ2) is 9.13. The lowest BCUT2D eigenvalue weighted by Crippen LogP contribution is -2.52. The van der Waals surface area contributed by atoms with Crippen LogP contribution in [-0.2, 0) is 24.2 Å². The molecule has 6 heteroatoms. The van der Waals surface area contributed by atoms with Crippen molar-refractivity contribution in [3.8, 4) is 0 Å². The zero-order chi connectivity index (χ0) is 21.2. The molecule has 5 rings (SSSR count). The predicted octanol–water partition coefficient (Wildman–Crippen LogP) is 2.94. The average Bonchev–Trinajstić information content (AvgIpc) is 3.43. The standard InChI is InChI=1S/C25H34N4O2/c1-18-13-24(31-27-18)16-26-25(30)21-7-4-10-29(17-21)22-8-11-28(12-9-22)23-14-19-5-2-3-6-20(19)15-23/h2-3,5-6,13,21-23H,4,7-12,14-17H2,1H3,(H,26,30)/t21-/m1/s1. The van der Waals surface area contributed by atoms with E-state index in [0.717, 1.165) is 37.4 Å². The fraction of sp³-hybridized carbons (Fsp3) is 0.600. The van der Waals surface area contributed by atoms with Gasteiger partial charge >= 0.3 is 0 Å². The van der Waals surface area contributed by atoms with Crippen LogP contribution in [0.4, 0.5) is 0 Å². The van der Waals surface area contributed by atoms with Crippen LogP contribution in [0, 0.1) is 12.8 Å². The summed E-state index contributed by atoms with van der Waals surface area (Å²) in [4.78, 5) is 18.0. The second-order valence-corrected chi connectivity index (χ2v) is 9.58. The van der Waals surface area contributed by atoms with Crippen molar-refractivity contribution >= 4 is 5.91 Å². The van der Waals surface area contributed by atoms with Gasteiger partial charge in [0.05, 0.1) is 18.2 Å². The van der Waals surface area contributed by atoms with Crippen LogP contribution in [0.1, 0.15) is 48.3 Å². The van der Waals surface area contributed by atoms with Crippen LogP contribution >= 0.6 is 0 Å². The first-order chi connectivity index (χ1) is 15.2. The molecule has 2 saturated heterocycles. The Morgan fingerprint density at radius 3 is 2.48 bits per heavy atom. The van der Waals surface area contributed by atoms with Gasteiger partial charge in [0.25, 0.3) is 0 Å². The van der Waals surface area contributed by atoms with E-state index < -0.39 is 0 Å². The largest absolute Gasteiger partial charge is 0.359 e. The Balaban J connectivity index is 1.09. The number of nitrogens with one attached hydrogen (secondary N) is 1. The van der Waals surface area contributed by atoms with E-state index >= 15 is 0 Å². The Labute approximate surface area is 185 Å². The number of rotatable bonds is 5. The summed E-state index contributed by atoms with van der Waals surface area (Å²) in [6.07, 6.45) is 6.95. The smallest absolute Gasteiger partial charge is 0.224 e. The zero-order valence-corrected chi connectivity index (χ0v) is 18.6. The summed E-state index contributed by atoms with van der Waals surface area (Å²) >= 11 is 0. The van der Waals surface area contributed by atoms with Gasteiger partial charge in [-0.1, -0.05) is 29.4 Å². The molecule has 1 aromatic carbocycles. The van der Waals surface area contributed by atoms with Crippen molar-refractivity contribution in [3.63, 3.8) is 0 Å². The van der Waals surface area contributed by atoms with E-state index in [2.05, 4.69) is 44.5 Å². The van der Waals surface area contributed by atoms with E-state index in [1.807, 2.05) is 13.0 Å². The Bertz CT molecular complexity index is 877. The molecule has 3 aliphatic rings. The number of hydrogen-bond donors (Lipinski definition) is 1. The third kappa shape index (κ3) is 4.70. The molecule has 1 aliphatic carbocycles. The van der Waals surface area contributed by atoms with E-state index in [1.165, 1.54) is 38.8 Å². The van der Waals surface area contributed by atoms with E-state index in [1.54, 1.807) is 11.1 Å². The van der Waals surface area contributed by atoms with Gasteiger partial charge in [-0.15, -0.1) is 0 Å². The van der Waals surface area contributed by atoms with E-state index in [4.69, 9.17) is 4.52 Å². The lowest BCUT2D eigenvalue weighted by atomic mass is 9.92. The number of hydrogen-bond acceptors (Lipinski definition) is 5. The molecule has 1 atom stereocenters. The van der Waals surface area contributed by atoms with Gasteiger partial charge in [-0.05, 0) is 76.2 Å². The van der Waals surface area contributed by atoms with Crippen molar-refractivity contribution in [1.29, 1.82) is 0 Å². The molecule has 3 heterocycles. The van der Waals surface area contributed by atoms with Crippen LogP contribution in [0.25, 0.3) is 0 Å². The molecule has 0 bridgehead atoms. The maximum absolute atomic E-state index is 12.7. The highest BCUT2D eigenvalue weighted by atomic mass is 16.5. The van der Waals surface area contributed by atoms with Gasteiger partial charge < -0.3 is 9.84 Å². The lowest BCUT2D eigenvalue weighted by Gasteiger charge is -2.43. The molecule has 0 spiro atoms. The quantitative estimate of drug-likeness (QED) is 0.803. The summed E-state index contributed by atoms with van der Waals surface area (Å²) in [7, 11) is 0. The Morgan fingerprint density at radius 1 is 1.06 bits per heavy atom. The van der Waals surface area contributed by atoms with Crippen molar-refractivity contribution in [2.75, 3.05) is 26.2 Å². The molecule has 2 aromatic rings. The molecule has 2 fully saturated rings. The molecule has 0 radical (unpaired) electrons. The maximum atomic E-state index is 12.7. The summed E-state index contributed by atoms with van der Waals surface area (Å²) in [5.74, 6) is 0.958. The topological polar surface area (TPSA) is 61.6 Å². The number of aromatic nitrogens is 1. The van der Waals surface area contributed by atoms with Crippen LogP contribution in [0.2, 0.25) is 0 Å². The minimum atomic E-state index is 0.0835. The first-order valence-electron chi connectivity index (χ1n) is 11.9. The van der Waals surface area contributed by atoms with Gasteiger partial charge in [0.1, 0.15) is 0 Å². The van der Waals surface area contributed by atoms with Crippen LogP contribution in [0.15, 0.2) is 34.9 Å². The summed E-state index contributed by atoms with van der Waals surface area (Å²) in [6.45, 7) is 6.71. The van der Waals surface area contributed by atoms with E-state index in [9.17, 15) is 4.79 Å². The number of fused-ring (bicyclic) bond motifs is 1. The summed E-state index contributed by atoms with van der Waals surface area (Å²) in [6, 6.07) is 12.1. The van der Waals surface area contributed by atoms with Crippen LogP contribution in [0.3, 0.4) is 0 Å². The highest BCUT2D eigenvalue weighted by molar-refractivity contribution is 5.78. The zero-order valence-electron chi connectivity index (χ0n) is 18.6. The highest BCUT2D eigenvalue weighted by Gasteiger charge is 2.34. The van der Waals surface area contributed by atoms with Gasteiger partial charge in [-0.25, -0.2) is 0 Å². The Kier molecular flexibility index (Phi) is 6.10. The normalized spacial score (nSPS) is 23.7. The molecule has 1 aromatic heterocycles. The molecule has 1 amide bonds. The number of likely N-dealkylation sites (tertiary alicyclic amines) is 2. The van der Waals surface area contributed by atoms with Crippen molar-refractivity contribution in [1.82, 2.24) is 20.3 Å². The molecule has 0 saturated carbocycles. The fourth-order valence-corrected chi connectivity index (χ4v) is 5.78. The van der Waals surface area contributed by atoms with Crippen LogP contribution < -0.4 is 5.32 Å². The fourth-order valence-electron chi connectivity index (χ4n) is 5.78.